The summed E-state index contributed by atoms with van der Waals surface area (Å²) in [5.41, 5.74) is 0.420. The summed E-state index contributed by atoms with van der Waals surface area (Å²) in [5, 5.41) is 0. The van der Waals surface area contributed by atoms with Crippen LogP contribution in [0.1, 0.15) is 40.0 Å². The van der Waals surface area contributed by atoms with E-state index in [0.29, 0.717) is 5.57 Å². The van der Waals surface area contributed by atoms with Gasteiger partial charge < -0.3 is 9.47 Å². The van der Waals surface area contributed by atoms with Gasteiger partial charge in [0.05, 0.1) is 0 Å². The summed E-state index contributed by atoms with van der Waals surface area (Å²) in [7, 11) is 0. The van der Waals surface area contributed by atoms with Crippen molar-refractivity contribution in [3.05, 3.63) is 12.2 Å². The number of carbonyl (C=O) groups is 1. The average molecular weight is 198 g/mol. The molecule has 2 atom stereocenters. The molecule has 0 amide bonds. The van der Waals surface area contributed by atoms with Crippen molar-refractivity contribution in [3.8, 4) is 0 Å². The van der Waals surface area contributed by atoms with Gasteiger partial charge in [-0.2, -0.15) is 0 Å². The first-order valence-corrected chi connectivity index (χ1v) is 5.08. The molecule has 0 aromatic carbocycles. The lowest BCUT2D eigenvalue weighted by Gasteiger charge is -2.13. The quantitative estimate of drug-likeness (QED) is 0.387. The maximum absolute atomic E-state index is 11.3. The van der Waals surface area contributed by atoms with E-state index in [1.807, 2.05) is 6.92 Å². The lowest BCUT2D eigenvalue weighted by molar-refractivity contribution is -0.154. The molecule has 3 heteroatoms. The minimum atomic E-state index is -0.647. The number of carbonyl (C=O) groups excluding carboxylic acids is 1. The van der Waals surface area contributed by atoms with E-state index >= 15 is 0 Å². The topological polar surface area (TPSA) is 38.8 Å². The Balaban J connectivity index is 2.47. The number of hydrogen-bond donors (Lipinski definition) is 0. The summed E-state index contributed by atoms with van der Waals surface area (Å²) < 4.78 is 10.6. The molecule has 0 radical (unpaired) electrons. The molecule has 0 spiro atoms. The molecule has 0 N–H and O–H groups in total. The lowest BCUT2D eigenvalue weighted by Crippen LogP contribution is -2.23. The third-order valence-electron chi connectivity index (χ3n) is 2.43. The minimum absolute atomic E-state index is 0.0253. The molecule has 1 saturated heterocycles. The van der Waals surface area contributed by atoms with Crippen LogP contribution in [0.3, 0.4) is 0 Å². The van der Waals surface area contributed by atoms with Crippen molar-refractivity contribution in [3.63, 3.8) is 0 Å². The second kappa shape index (κ2) is 4.13. The van der Waals surface area contributed by atoms with Crippen LogP contribution in [0.5, 0.6) is 0 Å². The monoisotopic (exact) mass is 198 g/mol. The van der Waals surface area contributed by atoms with Crippen LogP contribution in [0.4, 0.5) is 0 Å². The van der Waals surface area contributed by atoms with E-state index in [-0.39, 0.29) is 12.1 Å². The van der Waals surface area contributed by atoms with Crippen LogP contribution in [0.2, 0.25) is 0 Å². The van der Waals surface area contributed by atoms with E-state index in [4.69, 9.17) is 9.47 Å². The normalized spacial score (nSPS) is 29.8. The maximum atomic E-state index is 11.3. The highest BCUT2D eigenvalue weighted by atomic mass is 16.8. The zero-order chi connectivity index (χ0) is 10.8. The highest BCUT2D eigenvalue weighted by molar-refractivity contribution is 5.87. The number of hydrogen-bond acceptors (Lipinski definition) is 3. The van der Waals surface area contributed by atoms with Crippen LogP contribution < -0.4 is 0 Å². The largest absolute Gasteiger partial charge is 0.427 e. The number of epoxide rings is 1. The van der Waals surface area contributed by atoms with Gasteiger partial charge in [0, 0.05) is 12.0 Å². The Labute approximate surface area is 85.1 Å². The van der Waals surface area contributed by atoms with Crippen LogP contribution in [0.25, 0.3) is 0 Å². The Morgan fingerprint density at radius 2 is 2.21 bits per heavy atom. The Morgan fingerprint density at radius 3 is 2.57 bits per heavy atom. The van der Waals surface area contributed by atoms with Crippen molar-refractivity contribution in [2.24, 2.45) is 0 Å². The van der Waals surface area contributed by atoms with Gasteiger partial charge in [0.15, 0.2) is 0 Å². The van der Waals surface area contributed by atoms with Gasteiger partial charge in [-0.3, -0.25) is 0 Å². The summed E-state index contributed by atoms with van der Waals surface area (Å²) in [4.78, 5) is 11.3. The second-order valence-electron chi connectivity index (χ2n) is 3.85. The summed E-state index contributed by atoms with van der Waals surface area (Å²) in [6, 6.07) is 0. The van der Waals surface area contributed by atoms with Crippen molar-refractivity contribution in [1.29, 1.82) is 0 Å². The van der Waals surface area contributed by atoms with E-state index in [1.165, 1.54) is 0 Å². The zero-order valence-electron chi connectivity index (χ0n) is 9.13. The molecule has 1 heterocycles. The molecule has 0 bridgehead atoms. The molecule has 2 unspecified atom stereocenters. The SMILES string of the molecule is C=C(C)C(=O)OC1(CCCC)OC1C. The van der Waals surface area contributed by atoms with Gasteiger partial charge in [0.1, 0.15) is 6.10 Å². The Bertz CT molecular complexity index is 247. The van der Waals surface area contributed by atoms with E-state index < -0.39 is 5.79 Å². The molecule has 0 aromatic heterocycles. The molecule has 1 rings (SSSR count). The van der Waals surface area contributed by atoms with Crippen LogP contribution in [0.15, 0.2) is 12.2 Å². The van der Waals surface area contributed by atoms with Crippen molar-refractivity contribution < 1.29 is 14.3 Å². The predicted octanol–water partition coefficient (Wildman–Crippen LogP) is 2.41. The van der Waals surface area contributed by atoms with Gasteiger partial charge in [-0.1, -0.05) is 19.9 Å². The predicted molar refractivity (Wildman–Crippen MR) is 53.7 cm³/mol. The molecule has 0 aliphatic carbocycles. The highest BCUT2D eigenvalue weighted by Gasteiger charge is 2.56. The molecule has 0 saturated carbocycles. The van der Waals surface area contributed by atoms with E-state index in [1.54, 1.807) is 6.92 Å². The van der Waals surface area contributed by atoms with Gasteiger partial charge in [0.25, 0.3) is 0 Å². The third kappa shape index (κ3) is 2.35. The molecule has 14 heavy (non-hydrogen) atoms. The summed E-state index contributed by atoms with van der Waals surface area (Å²) >= 11 is 0. The van der Waals surface area contributed by atoms with E-state index in [2.05, 4.69) is 13.5 Å². The van der Waals surface area contributed by atoms with Gasteiger partial charge in [-0.15, -0.1) is 0 Å². The molecule has 0 aromatic rings. The molecular weight excluding hydrogens is 180 g/mol. The fourth-order valence-electron chi connectivity index (χ4n) is 1.35. The summed E-state index contributed by atoms with van der Waals surface area (Å²) in [6.45, 7) is 9.20. The number of rotatable bonds is 5. The third-order valence-corrected chi connectivity index (χ3v) is 2.43. The fraction of sp³-hybridized carbons (Fsp3) is 0.727. The lowest BCUT2D eigenvalue weighted by atomic mass is 10.1. The van der Waals surface area contributed by atoms with Crippen molar-refractivity contribution in [2.75, 3.05) is 0 Å². The Morgan fingerprint density at radius 1 is 1.64 bits per heavy atom. The smallest absolute Gasteiger partial charge is 0.335 e. The molecule has 3 nitrogen and oxygen atoms in total. The van der Waals surface area contributed by atoms with Crippen LogP contribution >= 0.6 is 0 Å². The van der Waals surface area contributed by atoms with Crippen LogP contribution in [-0.4, -0.2) is 17.9 Å². The first-order chi connectivity index (χ1) is 6.52. The zero-order valence-corrected chi connectivity index (χ0v) is 9.13. The van der Waals surface area contributed by atoms with Gasteiger partial charge in [0.2, 0.25) is 5.79 Å². The molecule has 80 valence electrons. The van der Waals surface area contributed by atoms with E-state index in [0.717, 1.165) is 19.3 Å². The Kier molecular flexibility index (Phi) is 3.32. The number of esters is 1. The van der Waals surface area contributed by atoms with E-state index in [9.17, 15) is 4.79 Å². The van der Waals surface area contributed by atoms with Crippen LogP contribution in [-0.2, 0) is 14.3 Å². The second-order valence-corrected chi connectivity index (χ2v) is 3.85. The van der Waals surface area contributed by atoms with Gasteiger partial charge >= 0.3 is 5.97 Å². The average Bonchev–Trinajstić information content (AvgIpc) is 2.73. The molecule has 1 aliphatic heterocycles. The first kappa shape index (κ1) is 11.2. The highest BCUT2D eigenvalue weighted by Crippen LogP contribution is 2.42. The van der Waals surface area contributed by atoms with Crippen molar-refractivity contribution >= 4 is 5.97 Å². The standard InChI is InChI=1S/C11H18O3/c1-5-6-7-11(9(4)13-11)14-10(12)8(2)3/h9H,2,5-7H2,1,3-4H3. The van der Waals surface area contributed by atoms with Crippen LogP contribution in [0, 0.1) is 0 Å². The molecule has 1 aliphatic rings. The van der Waals surface area contributed by atoms with Crippen molar-refractivity contribution in [2.45, 2.75) is 51.9 Å². The maximum Gasteiger partial charge on any atom is 0.335 e. The number of unbranched alkanes of at least 4 members (excludes halogenated alkanes) is 1. The molecular formula is C11H18O3. The minimum Gasteiger partial charge on any atom is -0.427 e. The first-order valence-electron chi connectivity index (χ1n) is 5.08. The number of ether oxygens (including phenoxy) is 2. The summed E-state index contributed by atoms with van der Waals surface area (Å²) in [6.07, 6.45) is 2.89. The van der Waals surface area contributed by atoms with Gasteiger partial charge in [-0.05, 0) is 20.3 Å². The summed E-state index contributed by atoms with van der Waals surface area (Å²) in [5.74, 6) is -1.00. The Hall–Kier alpha value is -0.830. The fourth-order valence-corrected chi connectivity index (χ4v) is 1.35. The van der Waals surface area contributed by atoms with Crippen molar-refractivity contribution in [1.82, 2.24) is 0 Å². The van der Waals surface area contributed by atoms with Gasteiger partial charge in [-0.25, -0.2) is 4.79 Å². The molecule has 1 fully saturated rings.